The second-order valence-electron chi connectivity index (χ2n) is 4.93. The monoisotopic (exact) mass is 386 g/mol. The zero-order valence-electron chi connectivity index (χ0n) is 12.9. The zero-order valence-corrected chi connectivity index (χ0v) is 14.6. The normalized spacial score (nSPS) is 10.3. The minimum atomic E-state index is -1.19. The van der Waals surface area contributed by atoms with Crippen LogP contribution < -0.4 is 4.74 Å². The van der Waals surface area contributed by atoms with Crippen LogP contribution in [-0.4, -0.2) is 41.1 Å². The zero-order chi connectivity index (χ0) is 18.7. The van der Waals surface area contributed by atoms with E-state index in [1.807, 2.05) is 0 Å². The van der Waals surface area contributed by atoms with Crippen LogP contribution in [0, 0.1) is 0 Å². The fraction of sp³-hybridized carbons (Fsp3) is 0. The van der Waals surface area contributed by atoms with Gasteiger partial charge in [-0.1, -0.05) is 12.2 Å². The van der Waals surface area contributed by atoms with Gasteiger partial charge in [-0.25, -0.2) is 14.6 Å². The highest BCUT2D eigenvalue weighted by Crippen LogP contribution is 2.17. The van der Waals surface area contributed by atoms with E-state index >= 15 is 0 Å². The molecule has 3 aromatic rings. The first-order valence-electron chi connectivity index (χ1n) is 7.11. The third-order valence-electron chi connectivity index (χ3n) is 3.22. The van der Waals surface area contributed by atoms with Crippen molar-refractivity contribution in [1.82, 2.24) is 19.7 Å². The van der Waals surface area contributed by atoms with Crippen molar-refractivity contribution < 1.29 is 19.4 Å². The van der Waals surface area contributed by atoms with Gasteiger partial charge >= 0.3 is 12.1 Å². The molecule has 0 saturated carbocycles. The first-order valence-corrected chi connectivity index (χ1v) is 7.96. The van der Waals surface area contributed by atoms with Crippen molar-refractivity contribution in [3.05, 3.63) is 60.3 Å². The lowest BCUT2D eigenvalue weighted by Crippen LogP contribution is -2.11. The maximum absolute atomic E-state index is 12.1. The molecule has 26 heavy (non-hydrogen) atoms. The molecule has 0 aliphatic rings. The Kier molecular flexibility index (Phi) is 5.05. The van der Waals surface area contributed by atoms with E-state index < -0.39 is 12.1 Å². The predicted octanol–water partition coefficient (Wildman–Crippen LogP) is 2.69. The van der Waals surface area contributed by atoms with E-state index in [1.54, 1.807) is 18.2 Å². The topological polar surface area (TPSA) is 107 Å². The lowest BCUT2D eigenvalue weighted by Gasteiger charge is -2.04. The molecule has 3 rings (SSSR count). The molecule has 3 aromatic heterocycles. The van der Waals surface area contributed by atoms with E-state index in [9.17, 15) is 9.59 Å². The summed E-state index contributed by atoms with van der Waals surface area (Å²) in [5.74, 6) is -0.412. The third kappa shape index (κ3) is 3.92. The molecule has 0 aromatic carbocycles. The summed E-state index contributed by atoms with van der Waals surface area (Å²) in [5.41, 5.74) is 1.57. The summed E-state index contributed by atoms with van der Waals surface area (Å²) in [4.78, 5) is 31.0. The lowest BCUT2D eigenvalue weighted by molar-refractivity contribution is 0.0728. The average Bonchev–Trinajstić information content (AvgIpc) is 3.13. The Morgan fingerprint density at radius 3 is 2.35 bits per heavy atom. The highest BCUT2D eigenvalue weighted by Gasteiger charge is 2.12. The van der Waals surface area contributed by atoms with Crippen molar-refractivity contribution in [1.29, 1.82) is 0 Å². The number of esters is 1. The number of aromatic nitrogens is 4. The summed E-state index contributed by atoms with van der Waals surface area (Å²) >= 11 is 8.90. The first kappa shape index (κ1) is 17.7. The molecule has 0 fully saturated rings. The highest BCUT2D eigenvalue weighted by molar-refractivity contribution is 8.11. The fourth-order valence-corrected chi connectivity index (χ4v) is 2.23. The molecule has 0 aliphatic carbocycles. The highest BCUT2D eigenvalue weighted by atomic mass is 32.1. The van der Waals surface area contributed by atoms with Gasteiger partial charge in [0, 0.05) is 18.0 Å². The van der Waals surface area contributed by atoms with Crippen molar-refractivity contribution in [2.24, 2.45) is 0 Å². The Bertz CT molecular complexity index is 984. The average molecular weight is 386 g/mol. The molecule has 3 heterocycles. The largest absolute Gasteiger partial charge is 0.463 e. The van der Waals surface area contributed by atoms with Crippen LogP contribution in [0.15, 0.2) is 48.9 Å². The second-order valence-corrected chi connectivity index (χ2v) is 6.09. The molecule has 0 radical (unpaired) electrons. The summed E-state index contributed by atoms with van der Waals surface area (Å²) in [6.45, 7) is 0. The van der Waals surface area contributed by atoms with E-state index in [2.05, 4.69) is 27.7 Å². The Hall–Kier alpha value is -3.11. The number of nitrogens with zero attached hydrogens (tertiary/aromatic N) is 4. The number of thiocarbonyl (C=S) groups is 1. The summed E-state index contributed by atoms with van der Waals surface area (Å²) in [5, 5.41) is 12.7. The van der Waals surface area contributed by atoms with Gasteiger partial charge in [0.2, 0.25) is 0 Å². The number of pyridine rings is 2. The fourth-order valence-electron chi connectivity index (χ4n) is 1.98. The van der Waals surface area contributed by atoms with Gasteiger partial charge in [-0.05, 0) is 30.3 Å². The second kappa shape index (κ2) is 7.42. The number of hydrogen-bond donors (Lipinski definition) is 2. The molecule has 0 amide bonds. The molecule has 8 nitrogen and oxygen atoms in total. The maximum atomic E-state index is 12.1. The third-order valence-corrected chi connectivity index (χ3v) is 3.66. The van der Waals surface area contributed by atoms with E-state index in [0.717, 1.165) is 4.68 Å². The van der Waals surface area contributed by atoms with Crippen molar-refractivity contribution in [2.75, 3.05) is 0 Å². The van der Waals surface area contributed by atoms with E-state index in [4.69, 9.17) is 22.1 Å². The van der Waals surface area contributed by atoms with Crippen molar-refractivity contribution >= 4 is 41.1 Å². The Balaban J connectivity index is 1.72. The predicted molar refractivity (Wildman–Crippen MR) is 98.8 cm³/mol. The molecule has 0 aliphatic heterocycles. The van der Waals surface area contributed by atoms with Crippen molar-refractivity contribution in [2.45, 2.75) is 0 Å². The molecule has 0 bridgehead atoms. The van der Waals surface area contributed by atoms with Crippen LogP contribution in [-0.2, 0) is 0 Å². The van der Waals surface area contributed by atoms with Gasteiger partial charge < -0.3 is 9.84 Å². The molecular weight excluding hydrogens is 376 g/mol. The lowest BCUT2D eigenvalue weighted by atomic mass is 10.2. The number of carboxylic acid groups (broad SMARTS) is 1. The molecule has 10 heteroatoms. The summed E-state index contributed by atoms with van der Waals surface area (Å²) in [7, 11) is 0. The number of hydrogen-bond acceptors (Lipinski definition) is 7. The number of rotatable bonds is 4. The van der Waals surface area contributed by atoms with Crippen LogP contribution in [0.1, 0.15) is 16.2 Å². The van der Waals surface area contributed by atoms with Crippen LogP contribution in [0.25, 0.3) is 11.3 Å². The van der Waals surface area contributed by atoms with E-state index in [0.29, 0.717) is 21.1 Å². The Labute approximate surface area is 157 Å². The molecular formula is C16H10N4O4S2. The van der Waals surface area contributed by atoms with Crippen LogP contribution in [0.5, 0.6) is 5.75 Å². The standard InChI is InChI=1S/C16H10N4O4S2/c21-14(24-10-2-4-13(15(25)26)18-8-10)12-3-1-9(7-17-12)11-5-6-20(19-11)16(22)23/h1-8H,(H,22,23)(H,25,26). The molecule has 130 valence electrons. The minimum Gasteiger partial charge on any atom is -0.463 e. The summed E-state index contributed by atoms with van der Waals surface area (Å²) in [6, 6.07) is 7.73. The van der Waals surface area contributed by atoms with Gasteiger partial charge in [0.25, 0.3) is 0 Å². The van der Waals surface area contributed by atoms with Gasteiger partial charge in [0.05, 0.1) is 21.8 Å². The molecule has 0 unspecified atom stereocenters. The quantitative estimate of drug-likeness (QED) is 0.400. The van der Waals surface area contributed by atoms with Gasteiger partial charge in [-0.2, -0.15) is 9.78 Å². The van der Waals surface area contributed by atoms with Gasteiger partial charge in [-0.15, -0.1) is 12.6 Å². The Morgan fingerprint density at radius 2 is 1.81 bits per heavy atom. The SMILES string of the molecule is O=C(Oc1ccc(C(=S)S)nc1)c1ccc(-c2ccn(C(=O)O)n2)cn1. The first-order chi connectivity index (χ1) is 12.4. The van der Waals surface area contributed by atoms with E-state index in [1.165, 1.54) is 30.7 Å². The van der Waals surface area contributed by atoms with Crippen molar-refractivity contribution in [3.8, 4) is 17.0 Å². The smallest absolute Gasteiger partial charge is 0.432 e. The molecule has 0 spiro atoms. The van der Waals surface area contributed by atoms with Crippen molar-refractivity contribution in [3.63, 3.8) is 0 Å². The summed E-state index contributed by atoms with van der Waals surface area (Å²) in [6.07, 6.45) is 2.89. The minimum absolute atomic E-state index is 0.0835. The number of carbonyl (C=O) groups excluding carboxylic acids is 1. The van der Waals surface area contributed by atoms with Crippen LogP contribution >= 0.6 is 24.8 Å². The van der Waals surface area contributed by atoms with E-state index in [-0.39, 0.29) is 11.4 Å². The van der Waals surface area contributed by atoms with Crippen LogP contribution in [0.4, 0.5) is 4.79 Å². The molecule has 0 atom stereocenters. The number of carbonyl (C=O) groups is 2. The number of ether oxygens (including phenoxy) is 1. The van der Waals surface area contributed by atoms with Gasteiger partial charge in [0.15, 0.2) is 0 Å². The molecule has 1 N–H and O–H groups in total. The number of thiol groups is 1. The Morgan fingerprint density at radius 1 is 1.08 bits per heavy atom. The summed E-state index contributed by atoms with van der Waals surface area (Å²) < 4.78 is 6.31. The van der Waals surface area contributed by atoms with Gasteiger partial charge in [-0.3, -0.25) is 4.98 Å². The van der Waals surface area contributed by atoms with Crippen LogP contribution in [0.3, 0.4) is 0 Å². The molecule has 0 saturated heterocycles. The maximum Gasteiger partial charge on any atom is 0.432 e. The van der Waals surface area contributed by atoms with Crippen LogP contribution in [0.2, 0.25) is 0 Å². The van der Waals surface area contributed by atoms with Gasteiger partial charge in [0.1, 0.15) is 11.4 Å².